The molecule has 8 nitrogen and oxygen atoms in total. The van der Waals surface area contributed by atoms with Gasteiger partial charge in [-0.3, -0.25) is 9.59 Å². The molecule has 1 aliphatic heterocycles. The predicted molar refractivity (Wildman–Crippen MR) is 124 cm³/mol. The molecule has 174 valence electrons. The van der Waals surface area contributed by atoms with Crippen LogP contribution >= 0.6 is 11.6 Å². The van der Waals surface area contributed by atoms with Gasteiger partial charge >= 0.3 is 5.97 Å². The molecule has 3 aromatic rings. The van der Waals surface area contributed by atoms with E-state index < -0.39 is 24.5 Å². The van der Waals surface area contributed by atoms with Crippen molar-refractivity contribution in [1.29, 1.82) is 0 Å². The predicted octanol–water partition coefficient (Wildman–Crippen LogP) is 4.44. The number of halogens is 1. The summed E-state index contributed by atoms with van der Waals surface area (Å²) in [7, 11) is 0. The number of furan rings is 1. The highest BCUT2D eigenvalue weighted by atomic mass is 35.5. The molecule has 2 aromatic carbocycles. The van der Waals surface area contributed by atoms with Crippen molar-refractivity contribution in [3.8, 4) is 5.75 Å². The van der Waals surface area contributed by atoms with E-state index in [4.69, 9.17) is 25.5 Å². The summed E-state index contributed by atoms with van der Waals surface area (Å²) in [6.45, 7) is 0.581. The number of esters is 1. The summed E-state index contributed by atoms with van der Waals surface area (Å²) < 4.78 is 16.0. The summed E-state index contributed by atoms with van der Waals surface area (Å²) in [4.78, 5) is 36.3. The summed E-state index contributed by atoms with van der Waals surface area (Å²) in [5, 5.41) is 6.34. The zero-order valence-corrected chi connectivity index (χ0v) is 19.0. The van der Waals surface area contributed by atoms with Crippen LogP contribution in [-0.4, -0.2) is 41.6 Å². The molecule has 0 fully saturated rings. The third-order valence-electron chi connectivity index (χ3n) is 5.19. The molecule has 0 aliphatic carbocycles. The Morgan fingerprint density at radius 1 is 1.06 bits per heavy atom. The maximum Gasteiger partial charge on any atom is 0.344 e. The lowest BCUT2D eigenvalue weighted by Crippen LogP contribution is -2.32. The average Bonchev–Trinajstić information content (AvgIpc) is 3.52. The van der Waals surface area contributed by atoms with Gasteiger partial charge in [-0.2, -0.15) is 5.10 Å². The van der Waals surface area contributed by atoms with E-state index in [0.717, 1.165) is 5.56 Å². The van der Waals surface area contributed by atoms with Gasteiger partial charge < -0.3 is 13.9 Å². The van der Waals surface area contributed by atoms with Crippen molar-refractivity contribution in [3.63, 3.8) is 0 Å². The zero-order chi connectivity index (χ0) is 24.1. The molecule has 0 spiro atoms. The monoisotopic (exact) mass is 480 g/mol. The molecule has 34 heavy (non-hydrogen) atoms. The topological polar surface area (TPSA) is 98.4 Å². The second kappa shape index (κ2) is 10.4. The number of rotatable bonds is 8. The van der Waals surface area contributed by atoms with E-state index in [0.29, 0.717) is 34.2 Å². The first kappa shape index (κ1) is 23.3. The smallest absolute Gasteiger partial charge is 0.344 e. The quantitative estimate of drug-likeness (QED) is 0.349. The van der Waals surface area contributed by atoms with E-state index in [1.807, 2.05) is 12.1 Å². The number of carbonyl (C=O) groups excluding carboxylic acids is 3. The van der Waals surface area contributed by atoms with E-state index in [-0.39, 0.29) is 12.4 Å². The Balaban J connectivity index is 1.37. The molecule has 1 aliphatic rings. The van der Waals surface area contributed by atoms with Crippen LogP contribution in [0.4, 0.5) is 0 Å². The van der Waals surface area contributed by atoms with E-state index in [1.54, 1.807) is 48.5 Å². The van der Waals surface area contributed by atoms with Crippen LogP contribution in [0, 0.1) is 0 Å². The van der Waals surface area contributed by atoms with Gasteiger partial charge in [0.2, 0.25) is 0 Å². The molecule has 1 unspecified atom stereocenters. The van der Waals surface area contributed by atoms with Gasteiger partial charge in [-0.05, 0) is 61.0 Å². The molecule has 1 amide bonds. The van der Waals surface area contributed by atoms with Crippen molar-refractivity contribution in [2.75, 3.05) is 13.2 Å². The number of benzene rings is 2. The number of hydrazone groups is 1. The normalized spacial score (nSPS) is 15.1. The van der Waals surface area contributed by atoms with Gasteiger partial charge in [-0.25, -0.2) is 9.80 Å². The van der Waals surface area contributed by atoms with Gasteiger partial charge in [-0.1, -0.05) is 23.7 Å². The molecular weight excluding hydrogens is 460 g/mol. The summed E-state index contributed by atoms with van der Waals surface area (Å²) in [6, 6.07) is 16.6. The minimum Gasteiger partial charge on any atom is -0.482 e. The number of carbonyl (C=O) groups is 3. The standard InChI is InChI=1S/C25H21ClN2O6/c1-16(29)17-6-10-20(11-7-17)33-15-25(31)34-14-24(30)28-22(23-3-2-12-32-23)13-21(27-28)18-4-8-19(26)9-5-18/h2-12,22H,13-15H2,1H3. The first-order chi connectivity index (χ1) is 16.4. The van der Waals surface area contributed by atoms with E-state index in [1.165, 1.54) is 18.2 Å². The Labute approximate surface area is 200 Å². The summed E-state index contributed by atoms with van der Waals surface area (Å²) in [6.07, 6.45) is 1.97. The van der Waals surface area contributed by atoms with Crippen LogP contribution in [0.1, 0.15) is 41.1 Å². The molecule has 0 saturated heterocycles. The molecule has 1 atom stereocenters. The number of nitrogens with zero attached hydrogens (tertiary/aromatic N) is 2. The van der Waals surface area contributed by atoms with Crippen LogP contribution in [-0.2, 0) is 14.3 Å². The first-order valence-electron chi connectivity index (χ1n) is 10.5. The maximum absolute atomic E-state index is 12.9. The van der Waals surface area contributed by atoms with Crippen molar-refractivity contribution >= 4 is 35.0 Å². The van der Waals surface area contributed by atoms with E-state index in [2.05, 4.69) is 5.10 Å². The lowest BCUT2D eigenvalue weighted by molar-refractivity contribution is -0.154. The Morgan fingerprint density at radius 3 is 2.44 bits per heavy atom. The summed E-state index contributed by atoms with van der Waals surface area (Å²) >= 11 is 5.97. The van der Waals surface area contributed by atoms with E-state index in [9.17, 15) is 14.4 Å². The fraction of sp³-hybridized carbons (Fsp3) is 0.200. The molecule has 0 radical (unpaired) electrons. The van der Waals surface area contributed by atoms with Crippen molar-refractivity contribution < 1.29 is 28.3 Å². The molecule has 0 N–H and O–H groups in total. The summed E-state index contributed by atoms with van der Waals surface area (Å²) in [5.74, 6) is -0.294. The highest BCUT2D eigenvalue weighted by Crippen LogP contribution is 2.33. The highest BCUT2D eigenvalue weighted by Gasteiger charge is 2.35. The van der Waals surface area contributed by atoms with Gasteiger partial charge in [-0.15, -0.1) is 0 Å². The zero-order valence-electron chi connectivity index (χ0n) is 18.3. The fourth-order valence-corrected chi connectivity index (χ4v) is 3.56. The molecule has 2 heterocycles. The van der Waals surface area contributed by atoms with Crippen molar-refractivity contribution in [1.82, 2.24) is 5.01 Å². The van der Waals surface area contributed by atoms with Crippen molar-refractivity contribution in [3.05, 3.63) is 88.8 Å². The Bertz CT molecular complexity index is 1200. The van der Waals surface area contributed by atoms with E-state index >= 15 is 0 Å². The minimum absolute atomic E-state index is 0.0684. The molecule has 9 heteroatoms. The molecule has 0 bridgehead atoms. The SMILES string of the molecule is CC(=O)c1ccc(OCC(=O)OCC(=O)N2N=C(c3ccc(Cl)cc3)CC2c2ccco2)cc1. The van der Waals surface area contributed by atoms with Crippen LogP contribution < -0.4 is 4.74 Å². The number of amides is 1. The number of Topliss-reactive ketones (excluding diaryl/α,β-unsaturated/α-hetero) is 1. The highest BCUT2D eigenvalue weighted by molar-refractivity contribution is 6.30. The second-order valence-electron chi connectivity index (χ2n) is 7.56. The Kier molecular flexibility index (Phi) is 7.08. The lowest BCUT2D eigenvalue weighted by Gasteiger charge is -2.19. The van der Waals surface area contributed by atoms with Crippen molar-refractivity contribution in [2.45, 2.75) is 19.4 Å². The van der Waals surface area contributed by atoms with Crippen LogP contribution in [0.3, 0.4) is 0 Å². The molecule has 1 aromatic heterocycles. The van der Waals surface area contributed by atoms with Crippen LogP contribution in [0.2, 0.25) is 5.02 Å². The third-order valence-corrected chi connectivity index (χ3v) is 5.44. The Hall–Kier alpha value is -3.91. The lowest BCUT2D eigenvalue weighted by atomic mass is 10.0. The second-order valence-corrected chi connectivity index (χ2v) is 7.99. The minimum atomic E-state index is -0.709. The van der Waals surface area contributed by atoms with Gasteiger partial charge in [0.1, 0.15) is 17.6 Å². The van der Waals surface area contributed by atoms with Crippen LogP contribution in [0.15, 0.2) is 76.4 Å². The first-order valence-corrected chi connectivity index (χ1v) is 10.9. The van der Waals surface area contributed by atoms with Gasteiger partial charge in [0, 0.05) is 17.0 Å². The number of ketones is 1. The maximum atomic E-state index is 12.9. The molecular formula is C25H21ClN2O6. The van der Waals surface area contributed by atoms with Crippen LogP contribution in [0.5, 0.6) is 5.75 Å². The number of ether oxygens (including phenoxy) is 2. The molecule has 0 saturated carbocycles. The average molecular weight is 481 g/mol. The number of hydrogen-bond acceptors (Lipinski definition) is 7. The largest absolute Gasteiger partial charge is 0.482 e. The van der Waals surface area contributed by atoms with Crippen LogP contribution in [0.25, 0.3) is 0 Å². The third kappa shape index (κ3) is 5.52. The van der Waals surface area contributed by atoms with Gasteiger partial charge in [0.15, 0.2) is 19.0 Å². The fourth-order valence-electron chi connectivity index (χ4n) is 3.44. The molecule has 4 rings (SSSR count). The van der Waals surface area contributed by atoms with Crippen molar-refractivity contribution in [2.24, 2.45) is 5.10 Å². The van der Waals surface area contributed by atoms with Gasteiger partial charge in [0.25, 0.3) is 5.91 Å². The summed E-state index contributed by atoms with van der Waals surface area (Å²) in [5.41, 5.74) is 2.06. The Morgan fingerprint density at radius 2 is 1.79 bits per heavy atom. The van der Waals surface area contributed by atoms with Gasteiger partial charge in [0.05, 0.1) is 12.0 Å². The number of hydrogen-bond donors (Lipinski definition) is 0.